The largest absolute Gasteiger partial charge is 0.444 e. The van der Waals surface area contributed by atoms with E-state index in [9.17, 15) is 4.79 Å². The average Bonchev–Trinajstić information content (AvgIpc) is 2.81. The van der Waals surface area contributed by atoms with Gasteiger partial charge in [0.05, 0.1) is 5.54 Å². The van der Waals surface area contributed by atoms with Crippen LogP contribution in [0.4, 0.5) is 4.79 Å². The van der Waals surface area contributed by atoms with Crippen molar-refractivity contribution in [3.05, 3.63) is 21.9 Å². The van der Waals surface area contributed by atoms with Crippen LogP contribution in [0.2, 0.25) is 0 Å². The topological polar surface area (TPSA) is 50.4 Å². The van der Waals surface area contributed by atoms with E-state index in [1.807, 2.05) is 20.8 Å². The fourth-order valence-electron chi connectivity index (χ4n) is 2.25. The van der Waals surface area contributed by atoms with Crippen LogP contribution in [0.5, 0.6) is 0 Å². The second-order valence-corrected chi connectivity index (χ2v) is 8.10. The minimum absolute atomic E-state index is 0.269. The first-order valence-electron chi connectivity index (χ1n) is 7.97. The van der Waals surface area contributed by atoms with Crippen LogP contribution in [-0.4, -0.2) is 23.8 Å². The molecule has 1 aromatic rings. The molecule has 0 aromatic carbocycles. The molecule has 4 nitrogen and oxygen atoms in total. The molecule has 1 rings (SSSR count). The summed E-state index contributed by atoms with van der Waals surface area (Å²) < 4.78 is 5.39. The van der Waals surface area contributed by atoms with Gasteiger partial charge >= 0.3 is 6.09 Å². The maximum Gasteiger partial charge on any atom is 0.408 e. The van der Waals surface area contributed by atoms with Crippen molar-refractivity contribution in [2.75, 3.05) is 6.54 Å². The number of rotatable bonds is 7. The van der Waals surface area contributed by atoms with Crippen LogP contribution in [0.1, 0.15) is 57.2 Å². The number of alkyl carbamates (subject to hydrolysis) is 1. The van der Waals surface area contributed by atoms with Gasteiger partial charge in [0.1, 0.15) is 5.60 Å². The maximum atomic E-state index is 12.1. The van der Waals surface area contributed by atoms with E-state index < -0.39 is 5.60 Å². The number of amides is 1. The van der Waals surface area contributed by atoms with E-state index in [4.69, 9.17) is 4.74 Å². The van der Waals surface area contributed by atoms with E-state index in [2.05, 4.69) is 43.5 Å². The Bertz CT molecular complexity index is 473. The van der Waals surface area contributed by atoms with Gasteiger partial charge in [0.2, 0.25) is 0 Å². The van der Waals surface area contributed by atoms with Gasteiger partial charge in [-0.3, -0.25) is 0 Å². The highest BCUT2D eigenvalue weighted by Gasteiger charge is 2.30. The molecule has 1 amide bonds. The quantitative estimate of drug-likeness (QED) is 0.788. The number of nitrogens with one attached hydrogen (secondary N) is 2. The number of thiophene rings is 1. The zero-order valence-electron chi connectivity index (χ0n) is 14.7. The Kier molecular flexibility index (Phi) is 6.88. The molecule has 22 heavy (non-hydrogen) atoms. The van der Waals surface area contributed by atoms with Gasteiger partial charge in [-0.2, -0.15) is 0 Å². The molecule has 0 saturated carbocycles. The van der Waals surface area contributed by atoms with Gasteiger partial charge in [0.15, 0.2) is 0 Å². The number of aryl methyl sites for hydroxylation is 1. The zero-order chi connectivity index (χ0) is 16.8. The van der Waals surface area contributed by atoms with Crippen molar-refractivity contribution in [3.8, 4) is 0 Å². The van der Waals surface area contributed by atoms with E-state index in [-0.39, 0.29) is 11.6 Å². The normalized spacial score (nSPS) is 12.3. The highest BCUT2D eigenvalue weighted by molar-refractivity contribution is 7.11. The molecule has 0 spiro atoms. The lowest BCUT2D eigenvalue weighted by Gasteiger charge is -2.34. The highest BCUT2D eigenvalue weighted by Crippen LogP contribution is 2.18. The second-order valence-electron chi connectivity index (χ2n) is 6.73. The summed E-state index contributed by atoms with van der Waals surface area (Å²) in [6.07, 6.45) is 1.38. The molecule has 0 radical (unpaired) electrons. The molecule has 1 heterocycles. The first-order chi connectivity index (χ1) is 10.2. The minimum Gasteiger partial charge on any atom is -0.444 e. The van der Waals surface area contributed by atoms with Gasteiger partial charge in [-0.15, -0.1) is 11.3 Å². The summed E-state index contributed by atoms with van der Waals surface area (Å²) in [5.74, 6) is 0. The third-order valence-corrected chi connectivity index (χ3v) is 4.68. The predicted octanol–water partition coefficient (Wildman–Crippen LogP) is 4.23. The Labute approximate surface area is 138 Å². The number of hydrogen-bond donors (Lipinski definition) is 2. The second kappa shape index (κ2) is 7.97. The molecule has 0 saturated heterocycles. The van der Waals surface area contributed by atoms with Gasteiger partial charge in [0, 0.05) is 22.8 Å². The Morgan fingerprint density at radius 1 is 1.23 bits per heavy atom. The summed E-state index contributed by atoms with van der Waals surface area (Å²) in [6.45, 7) is 13.5. The Morgan fingerprint density at radius 3 is 2.32 bits per heavy atom. The SMILES string of the molecule is CCC(CC)(CNCc1ccc(C)s1)NC(=O)OC(C)(C)C. The Morgan fingerprint density at radius 2 is 1.86 bits per heavy atom. The average molecular weight is 327 g/mol. The lowest BCUT2D eigenvalue weighted by atomic mass is 9.93. The monoisotopic (exact) mass is 326 g/mol. The fraction of sp³-hybridized carbons (Fsp3) is 0.706. The van der Waals surface area contributed by atoms with E-state index in [1.165, 1.54) is 9.75 Å². The molecular weight excluding hydrogens is 296 g/mol. The van der Waals surface area contributed by atoms with Crippen LogP contribution in [0.25, 0.3) is 0 Å². The van der Waals surface area contributed by atoms with Crippen molar-refractivity contribution >= 4 is 17.4 Å². The summed E-state index contributed by atoms with van der Waals surface area (Å²) in [7, 11) is 0. The Balaban J connectivity index is 2.56. The molecule has 126 valence electrons. The highest BCUT2D eigenvalue weighted by atomic mass is 32.1. The van der Waals surface area contributed by atoms with Crippen molar-refractivity contribution in [1.82, 2.24) is 10.6 Å². The van der Waals surface area contributed by atoms with Crippen LogP contribution >= 0.6 is 11.3 Å². The number of ether oxygens (including phenoxy) is 1. The van der Waals surface area contributed by atoms with Crippen molar-refractivity contribution in [3.63, 3.8) is 0 Å². The summed E-state index contributed by atoms with van der Waals surface area (Å²) in [4.78, 5) is 14.7. The predicted molar refractivity (Wildman–Crippen MR) is 93.4 cm³/mol. The van der Waals surface area contributed by atoms with Crippen LogP contribution in [0.15, 0.2) is 12.1 Å². The van der Waals surface area contributed by atoms with Crippen LogP contribution in [0, 0.1) is 6.92 Å². The smallest absolute Gasteiger partial charge is 0.408 e. The van der Waals surface area contributed by atoms with Crippen molar-refractivity contribution in [2.45, 2.75) is 72.1 Å². The molecule has 0 aliphatic carbocycles. The van der Waals surface area contributed by atoms with Crippen LogP contribution in [-0.2, 0) is 11.3 Å². The van der Waals surface area contributed by atoms with Crippen molar-refractivity contribution in [1.29, 1.82) is 0 Å². The summed E-state index contributed by atoms with van der Waals surface area (Å²) in [5.41, 5.74) is -0.742. The molecule has 2 N–H and O–H groups in total. The fourth-order valence-corrected chi connectivity index (χ4v) is 3.11. The molecule has 0 unspecified atom stereocenters. The molecule has 0 aliphatic heterocycles. The number of carbonyl (C=O) groups excluding carboxylic acids is 1. The lowest BCUT2D eigenvalue weighted by Crippen LogP contribution is -2.55. The Hall–Kier alpha value is -1.07. The summed E-state index contributed by atoms with van der Waals surface area (Å²) >= 11 is 1.80. The van der Waals surface area contributed by atoms with Crippen LogP contribution < -0.4 is 10.6 Å². The number of hydrogen-bond acceptors (Lipinski definition) is 4. The lowest BCUT2D eigenvalue weighted by molar-refractivity contribution is 0.0446. The first kappa shape index (κ1) is 19.0. The third kappa shape index (κ3) is 6.36. The standard InChI is InChI=1S/C17H30N2O2S/c1-7-17(8-2,19-15(20)21-16(4,5)6)12-18-11-14-10-9-13(3)22-14/h9-10,18H,7-8,11-12H2,1-6H3,(H,19,20). The molecule has 0 bridgehead atoms. The summed E-state index contributed by atoms with van der Waals surface area (Å²) in [6, 6.07) is 4.28. The van der Waals surface area contributed by atoms with E-state index in [0.29, 0.717) is 0 Å². The van der Waals surface area contributed by atoms with Gasteiger partial charge in [-0.1, -0.05) is 13.8 Å². The molecule has 5 heteroatoms. The van der Waals surface area contributed by atoms with Gasteiger partial charge in [-0.05, 0) is 52.7 Å². The minimum atomic E-state index is -0.473. The van der Waals surface area contributed by atoms with Gasteiger partial charge in [0.25, 0.3) is 0 Å². The zero-order valence-corrected chi connectivity index (χ0v) is 15.5. The van der Waals surface area contributed by atoms with E-state index >= 15 is 0 Å². The van der Waals surface area contributed by atoms with E-state index in [1.54, 1.807) is 11.3 Å². The number of carbonyl (C=O) groups is 1. The molecule has 0 atom stereocenters. The molecular formula is C17H30N2O2S. The van der Waals surface area contributed by atoms with Gasteiger partial charge < -0.3 is 15.4 Å². The first-order valence-corrected chi connectivity index (χ1v) is 8.78. The maximum absolute atomic E-state index is 12.1. The molecule has 0 fully saturated rings. The summed E-state index contributed by atoms with van der Waals surface area (Å²) in [5, 5.41) is 6.52. The third-order valence-electron chi connectivity index (χ3n) is 3.68. The van der Waals surface area contributed by atoms with Crippen LogP contribution in [0.3, 0.4) is 0 Å². The van der Waals surface area contributed by atoms with Crippen molar-refractivity contribution in [2.24, 2.45) is 0 Å². The van der Waals surface area contributed by atoms with E-state index in [0.717, 1.165) is 25.9 Å². The molecule has 1 aromatic heterocycles. The molecule has 0 aliphatic rings. The van der Waals surface area contributed by atoms with Crippen molar-refractivity contribution < 1.29 is 9.53 Å². The van der Waals surface area contributed by atoms with Gasteiger partial charge in [-0.25, -0.2) is 4.79 Å².